The van der Waals surface area contributed by atoms with E-state index in [1.54, 1.807) is 18.2 Å². The summed E-state index contributed by atoms with van der Waals surface area (Å²) in [4.78, 5) is 0.0263. The maximum absolute atomic E-state index is 12.7. The summed E-state index contributed by atoms with van der Waals surface area (Å²) in [6, 6.07) is 15.0. The normalized spacial score (nSPS) is 16.8. The number of halogens is 2. The van der Waals surface area contributed by atoms with E-state index in [4.69, 9.17) is 27.4 Å². The Morgan fingerprint density at radius 2 is 1.33 bits per heavy atom. The fraction of sp³-hybridized carbons (Fsp3) is 0.0526. The Kier molecular flexibility index (Phi) is 4.12. The van der Waals surface area contributed by atoms with Crippen LogP contribution in [0.25, 0.3) is 0 Å². The lowest BCUT2D eigenvalue weighted by atomic mass is 9.80. The van der Waals surface area contributed by atoms with Crippen LogP contribution in [0.15, 0.2) is 65.6 Å². The maximum Gasteiger partial charge on any atom is 0.298 e. The van der Waals surface area contributed by atoms with Crippen molar-refractivity contribution in [2.45, 2.75) is 10.5 Å². The summed E-state index contributed by atoms with van der Waals surface area (Å²) in [5, 5.41) is 19.6. The molecule has 0 amide bonds. The lowest BCUT2D eigenvalue weighted by molar-refractivity contribution is 0.180. The molecule has 0 spiro atoms. The van der Waals surface area contributed by atoms with Gasteiger partial charge in [0.2, 0.25) is 0 Å². The minimum Gasteiger partial charge on any atom is -0.506 e. The highest BCUT2D eigenvalue weighted by atomic mass is 35.5. The van der Waals surface area contributed by atoms with Crippen molar-refractivity contribution in [1.29, 1.82) is 0 Å². The van der Waals surface area contributed by atoms with Gasteiger partial charge in [-0.2, -0.15) is 8.42 Å². The molecule has 5 nitrogen and oxygen atoms in total. The summed E-state index contributed by atoms with van der Waals surface area (Å²) in [5.41, 5.74) is -0.404. The van der Waals surface area contributed by atoms with Crippen molar-refractivity contribution in [1.82, 2.24) is 0 Å². The van der Waals surface area contributed by atoms with Gasteiger partial charge in [-0.25, -0.2) is 4.18 Å². The van der Waals surface area contributed by atoms with Crippen LogP contribution in [0.1, 0.15) is 16.7 Å². The van der Waals surface area contributed by atoms with Gasteiger partial charge < -0.3 is 10.2 Å². The molecule has 27 heavy (non-hydrogen) atoms. The second-order valence-corrected chi connectivity index (χ2v) is 8.38. The molecule has 0 saturated heterocycles. The van der Waals surface area contributed by atoms with E-state index in [1.165, 1.54) is 42.5 Å². The zero-order chi connectivity index (χ0) is 19.4. The van der Waals surface area contributed by atoms with Crippen molar-refractivity contribution in [3.8, 4) is 11.5 Å². The Morgan fingerprint density at radius 1 is 0.815 bits per heavy atom. The van der Waals surface area contributed by atoms with Crippen molar-refractivity contribution in [2.75, 3.05) is 0 Å². The predicted molar refractivity (Wildman–Crippen MR) is 101 cm³/mol. The van der Waals surface area contributed by atoms with E-state index in [9.17, 15) is 18.6 Å². The van der Waals surface area contributed by atoms with Crippen molar-refractivity contribution >= 4 is 33.3 Å². The number of phenolic OH excluding ortho intramolecular Hbond substituents is 2. The van der Waals surface area contributed by atoms with Gasteiger partial charge >= 0.3 is 0 Å². The second-order valence-electron chi connectivity index (χ2n) is 6.05. The Bertz CT molecular complexity index is 1120. The third kappa shape index (κ3) is 2.68. The molecular formula is C19H12Cl2O5S. The van der Waals surface area contributed by atoms with E-state index in [0.29, 0.717) is 16.7 Å². The predicted octanol–water partition coefficient (Wildman–Crippen LogP) is 4.42. The van der Waals surface area contributed by atoms with Crippen molar-refractivity contribution in [3.63, 3.8) is 0 Å². The SMILES string of the molecule is O=S1(=O)OC(c2ccc(O)c(Cl)c2)(c2ccc(O)c(Cl)c2)c2ccccc21. The first kappa shape index (κ1) is 18.1. The first-order valence-corrected chi connectivity index (χ1v) is 9.95. The molecule has 0 aliphatic carbocycles. The van der Waals surface area contributed by atoms with Gasteiger partial charge in [0.1, 0.15) is 16.4 Å². The average Bonchev–Trinajstić information content (AvgIpc) is 2.89. The van der Waals surface area contributed by atoms with Crippen LogP contribution >= 0.6 is 23.2 Å². The van der Waals surface area contributed by atoms with E-state index in [2.05, 4.69) is 0 Å². The molecule has 0 saturated carbocycles. The molecule has 0 atom stereocenters. The van der Waals surface area contributed by atoms with E-state index in [0.717, 1.165) is 0 Å². The molecule has 0 bridgehead atoms. The molecule has 0 aromatic heterocycles. The van der Waals surface area contributed by atoms with Crippen LogP contribution in [-0.4, -0.2) is 18.6 Å². The molecule has 138 valence electrons. The lowest BCUT2D eigenvalue weighted by Gasteiger charge is -2.29. The van der Waals surface area contributed by atoms with Crippen LogP contribution in [-0.2, 0) is 19.9 Å². The second kappa shape index (κ2) is 6.14. The summed E-state index contributed by atoms with van der Waals surface area (Å²) in [7, 11) is -4.07. The number of phenols is 2. The smallest absolute Gasteiger partial charge is 0.298 e. The van der Waals surface area contributed by atoms with Gasteiger partial charge in [-0.15, -0.1) is 0 Å². The number of hydrogen-bond donors (Lipinski definition) is 2. The highest BCUT2D eigenvalue weighted by Crippen LogP contribution is 2.51. The quantitative estimate of drug-likeness (QED) is 0.597. The molecule has 3 aromatic carbocycles. The standard InChI is InChI=1S/C19H12Cl2O5S/c20-14-9-11(5-7-16(14)22)19(12-6-8-17(23)15(21)10-12)13-3-1-2-4-18(13)27(24,25)26-19/h1-10,22-23H. The minimum atomic E-state index is -4.07. The molecule has 2 N–H and O–H groups in total. The van der Waals surface area contributed by atoms with Gasteiger partial charge in [-0.1, -0.05) is 53.5 Å². The molecule has 1 aliphatic heterocycles. The maximum atomic E-state index is 12.7. The number of aromatic hydroxyl groups is 2. The van der Waals surface area contributed by atoms with Gasteiger partial charge in [0.25, 0.3) is 10.1 Å². The molecule has 0 radical (unpaired) electrons. The van der Waals surface area contributed by atoms with Gasteiger partial charge in [0, 0.05) is 5.56 Å². The Balaban J connectivity index is 2.12. The lowest BCUT2D eigenvalue weighted by Crippen LogP contribution is -2.29. The fourth-order valence-corrected chi connectivity index (χ4v) is 5.04. The molecule has 8 heteroatoms. The topological polar surface area (TPSA) is 83.8 Å². The first-order valence-electron chi connectivity index (χ1n) is 7.79. The zero-order valence-electron chi connectivity index (χ0n) is 13.6. The van der Waals surface area contributed by atoms with E-state index < -0.39 is 15.7 Å². The van der Waals surface area contributed by atoms with Crippen LogP contribution in [0.3, 0.4) is 0 Å². The number of rotatable bonds is 2. The first-order chi connectivity index (χ1) is 12.8. The summed E-state index contributed by atoms with van der Waals surface area (Å²) in [6.45, 7) is 0. The Morgan fingerprint density at radius 3 is 1.85 bits per heavy atom. The number of hydrogen-bond acceptors (Lipinski definition) is 5. The van der Waals surface area contributed by atoms with Gasteiger partial charge in [0.15, 0.2) is 5.60 Å². The number of benzene rings is 3. The Labute approximate surface area is 165 Å². The average molecular weight is 423 g/mol. The van der Waals surface area contributed by atoms with Crippen LogP contribution in [0.2, 0.25) is 10.0 Å². The van der Waals surface area contributed by atoms with Crippen molar-refractivity contribution < 1.29 is 22.8 Å². The van der Waals surface area contributed by atoms with Crippen molar-refractivity contribution in [3.05, 3.63) is 87.4 Å². The zero-order valence-corrected chi connectivity index (χ0v) is 15.9. The highest BCUT2D eigenvalue weighted by molar-refractivity contribution is 7.87. The van der Waals surface area contributed by atoms with Gasteiger partial charge in [-0.05, 0) is 41.5 Å². The molecule has 0 unspecified atom stereocenters. The van der Waals surface area contributed by atoms with Crippen LogP contribution in [0.4, 0.5) is 0 Å². The number of fused-ring (bicyclic) bond motifs is 1. The van der Waals surface area contributed by atoms with Gasteiger partial charge in [-0.3, -0.25) is 0 Å². The molecular weight excluding hydrogens is 411 g/mol. The van der Waals surface area contributed by atoms with E-state index >= 15 is 0 Å². The van der Waals surface area contributed by atoms with Crippen LogP contribution < -0.4 is 0 Å². The molecule has 1 heterocycles. The van der Waals surface area contributed by atoms with Crippen LogP contribution in [0, 0.1) is 0 Å². The Hall–Kier alpha value is -2.25. The largest absolute Gasteiger partial charge is 0.506 e. The minimum absolute atomic E-state index is 0.0263. The van der Waals surface area contributed by atoms with Crippen molar-refractivity contribution in [2.24, 2.45) is 0 Å². The van der Waals surface area contributed by atoms with E-state index in [1.807, 2.05) is 0 Å². The van der Waals surface area contributed by atoms with Gasteiger partial charge in [0.05, 0.1) is 10.0 Å². The third-order valence-corrected chi connectivity index (χ3v) is 6.45. The molecule has 0 fully saturated rings. The monoisotopic (exact) mass is 422 g/mol. The highest BCUT2D eigenvalue weighted by Gasteiger charge is 2.51. The summed E-state index contributed by atoms with van der Waals surface area (Å²) < 4.78 is 31.1. The van der Waals surface area contributed by atoms with E-state index in [-0.39, 0.29) is 26.4 Å². The third-order valence-electron chi connectivity index (χ3n) is 4.48. The van der Waals surface area contributed by atoms with Crippen LogP contribution in [0.5, 0.6) is 11.5 Å². The molecule has 3 aromatic rings. The molecule has 1 aliphatic rings. The summed E-state index contributed by atoms with van der Waals surface area (Å²) >= 11 is 12.2. The molecule has 4 rings (SSSR count). The summed E-state index contributed by atoms with van der Waals surface area (Å²) in [6.07, 6.45) is 0. The summed E-state index contributed by atoms with van der Waals surface area (Å²) in [5.74, 6) is -0.290. The fourth-order valence-electron chi connectivity index (χ4n) is 3.26.